The average molecular weight is 511 g/mol. The van der Waals surface area contributed by atoms with E-state index in [4.69, 9.17) is 0 Å². The molecule has 8 nitrogen and oxygen atoms in total. The van der Waals surface area contributed by atoms with E-state index in [9.17, 15) is 20.2 Å². The largest absolute Gasteiger partial charge is 0.300 e. The maximum Gasteiger partial charge on any atom is 0.271 e. The summed E-state index contributed by atoms with van der Waals surface area (Å²) in [6, 6.07) is 6.97. The molecule has 2 N–H and O–H groups in total. The van der Waals surface area contributed by atoms with Crippen molar-refractivity contribution in [1.82, 2.24) is 0 Å². The molecule has 0 atom stereocenters. The maximum absolute atomic E-state index is 10.8. The molecule has 2 aromatic carbocycles. The van der Waals surface area contributed by atoms with Gasteiger partial charge in [-0.05, 0) is 53.9 Å². The molecule has 23 heavy (non-hydrogen) atoms. The van der Waals surface area contributed by atoms with Gasteiger partial charge in [-0.2, -0.15) is 0 Å². The van der Waals surface area contributed by atoms with Gasteiger partial charge < -0.3 is 0 Å². The number of nitro groups is 2. The first-order valence-electron chi connectivity index (χ1n) is 5.89. The average Bonchev–Trinajstić information content (AvgIpc) is 2.47. The van der Waals surface area contributed by atoms with Crippen LogP contribution in [0.4, 0.5) is 22.7 Å². The molecule has 0 saturated heterocycles. The quantitative estimate of drug-likeness (QED) is 0.421. The summed E-state index contributed by atoms with van der Waals surface area (Å²) in [6.07, 6.45) is 0. The Hall–Kier alpha value is -1.72. The van der Waals surface area contributed by atoms with Crippen LogP contribution in [-0.4, -0.2) is 9.85 Å². The summed E-state index contributed by atoms with van der Waals surface area (Å²) in [5.41, 5.74) is 6.76. The minimum absolute atomic E-state index is 0.0416. The van der Waals surface area contributed by atoms with Crippen molar-refractivity contribution in [2.45, 2.75) is 0 Å². The van der Waals surface area contributed by atoms with Crippen molar-refractivity contribution in [3.05, 3.63) is 64.0 Å². The lowest BCUT2D eigenvalue weighted by atomic mass is 10.3. The second-order valence-electron chi connectivity index (χ2n) is 4.21. The molecule has 0 aromatic heterocycles. The number of halogens is 3. The van der Waals surface area contributed by atoms with Gasteiger partial charge in [0.05, 0.1) is 30.2 Å². The summed E-state index contributed by atoms with van der Waals surface area (Å²) in [4.78, 5) is 20.5. The van der Waals surface area contributed by atoms with Crippen LogP contribution in [0.1, 0.15) is 0 Å². The molecule has 0 radical (unpaired) electrons. The Labute approximate surface area is 154 Å². The second kappa shape index (κ2) is 7.23. The van der Waals surface area contributed by atoms with Crippen molar-refractivity contribution in [2.24, 2.45) is 0 Å². The van der Waals surface area contributed by atoms with Crippen molar-refractivity contribution in [3.8, 4) is 0 Å². The number of anilines is 2. The Kier molecular flexibility index (Phi) is 5.55. The van der Waals surface area contributed by atoms with Gasteiger partial charge in [0.1, 0.15) is 0 Å². The molecule has 0 fully saturated rings. The summed E-state index contributed by atoms with van der Waals surface area (Å²) in [6.45, 7) is 0. The number of hydrogen-bond donors (Lipinski definition) is 2. The zero-order chi connectivity index (χ0) is 17.1. The summed E-state index contributed by atoms with van der Waals surface area (Å²) >= 11 is 9.74. The molecule has 0 aliphatic carbocycles. The molecule has 0 heterocycles. The fourth-order valence-electron chi connectivity index (χ4n) is 1.63. The molecule has 0 aliphatic rings. The lowest BCUT2D eigenvalue weighted by Crippen LogP contribution is -2.10. The van der Waals surface area contributed by atoms with Crippen molar-refractivity contribution in [2.75, 3.05) is 10.9 Å². The van der Waals surface area contributed by atoms with Crippen molar-refractivity contribution in [3.63, 3.8) is 0 Å². The minimum Gasteiger partial charge on any atom is -0.300 e. The number of benzene rings is 2. The van der Waals surface area contributed by atoms with Crippen LogP contribution in [0.5, 0.6) is 0 Å². The third-order valence-electron chi connectivity index (χ3n) is 2.72. The first-order chi connectivity index (χ1) is 10.8. The summed E-state index contributed by atoms with van der Waals surface area (Å²) in [7, 11) is 0. The van der Waals surface area contributed by atoms with Crippen LogP contribution in [0.25, 0.3) is 0 Å². The molecule has 2 rings (SSSR count). The van der Waals surface area contributed by atoms with Gasteiger partial charge in [0.2, 0.25) is 0 Å². The normalized spacial score (nSPS) is 10.2. The van der Waals surface area contributed by atoms with E-state index >= 15 is 0 Å². The van der Waals surface area contributed by atoms with E-state index < -0.39 is 9.85 Å². The van der Waals surface area contributed by atoms with Crippen molar-refractivity contribution < 1.29 is 9.85 Å². The fraction of sp³-hybridized carbons (Fsp3) is 0. The van der Waals surface area contributed by atoms with E-state index in [-0.39, 0.29) is 11.4 Å². The highest BCUT2D eigenvalue weighted by atomic mass is 79.9. The van der Waals surface area contributed by atoms with E-state index in [1.165, 1.54) is 30.3 Å². The maximum atomic E-state index is 10.8. The van der Waals surface area contributed by atoms with Crippen LogP contribution < -0.4 is 10.9 Å². The van der Waals surface area contributed by atoms with E-state index in [2.05, 4.69) is 58.6 Å². The molecule has 2 aromatic rings. The van der Waals surface area contributed by atoms with Gasteiger partial charge in [-0.15, -0.1) is 0 Å². The Balaban J connectivity index is 2.21. The molecule has 0 aliphatic heterocycles. The van der Waals surface area contributed by atoms with Crippen molar-refractivity contribution in [1.29, 1.82) is 0 Å². The van der Waals surface area contributed by atoms with Gasteiger partial charge in [-0.1, -0.05) is 0 Å². The third-order valence-corrected chi connectivity index (χ3v) is 4.63. The Morgan fingerprint density at radius 3 is 1.78 bits per heavy atom. The number of nitrogens with zero attached hydrogens (tertiary/aromatic N) is 2. The number of nitrogens with one attached hydrogen (secondary N) is 2. The predicted molar refractivity (Wildman–Crippen MR) is 96.5 cm³/mol. The number of hydrogen-bond acceptors (Lipinski definition) is 6. The topological polar surface area (TPSA) is 110 Å². The van der Waals surface area contributed by atoms with E-state index in [0.29, 0.717) is 24.8 Å². The zero-order valence-corrected chi connectivity index (χ0v) is 15.8. The molecule has 0 unspecified atom stereocenters. The molecule has 11 heteroatoms. The summed E-state index contributed by atoms with van der Waals surface area (Å²) in [5.74, 6) is 0. The van der Waals surface area contributed by atoms with Crippen LogP contribution in [0.3, 0.4) is 0 Å². The standard InChI is InChI=1S/C12H7Br3N4O4/c13-8-3-6(18(20)21)1-2-11(8)16-17-12-9(14)4-7(19(22)23)5-10(12)15/h1-5,16-17H. The lowest BCUT2D eigenvalue weighted by molar-refractivity contribution is -0.385. The highest BCUT2D eigenvalue weighted by Gasteiger charge is 2.14. The fourth-order valence-corrected chi connectivity index (χ4v) is 3.46. The molecule has 0 saturated carbocycles. The zero-order valence-electron chi connectivity index (χ0n) is 11.0. The lowest BCUT2D eigenvalue weighted by Gasteiger charge is -2.14. The van der Waals surface area contributed by atoms with Gasteiger partial charge in [-0.3, -0.25) is 31.1 Å². The Morgan fingerprint density at radius 1 is 0.783 bits per heavy atom. The number of rotatable bonds is 5. The Bertz CT molecular complexity index is 777. The second-order valence-corrected chi connectivity index (χ2v) is 6.78. The molecule has 0 amide bonds. The smallest absolute Gasteiger partial charge is 0.271 e. The Morgan fingerprint density at radius 2 is 1.30 bits per heavy atom. The minimum atomic E-state index is -0.500. The van der Waals surface area contributed by atoms with Crippen LogP contribution >= 0.6 is 47.8 Å². The highest BCUT2D eigenvalue weighted by Crippen LogP contribution is 2.35. The predicted octanol–water partition coefficient (Wildman–Crippen LogP) is 5.23. The van der Waals surface area contributed by atoms with Gasteiger partial charge in [-0.25, -0.2) is 0 Å². The monoisotopic (exact) mass is 508 g/mol. The molecule has 0 spiro atoms. The third kappa shape index (κ3) is 4.18. The summed E-state index contributed by atoms with van der Waals surface area (Å²) < 4.78 is 1.45. The SMILES string of the molecule is O=[N+]([O-])c1ccc(NNc2c(Br)cc([N+](=O)[O-])cc2Br)c(Br)c1. The van der Waals surface area contributed by atoms with E-state index in [1.54, 1.807) is 0 Å². The van der Waals surface area contributed by atoms with Crippen LogP contribution in [0, 0.1) is 20.2 Å². The number of nitro benzene ring substituents is 2. The molecular formula is C12H7Br3N4O4. The highest BCUT2D eigenvalue weighted by molar-refractivity contribution is 9.11. The first-order valence-corrected chi connectivity index (χ1v) is 8.27. The van der Waals surface area contributed by atoms with E-state index in [0.717, 1.165) is 0 Å². The van der Waals surface area contributed by atoms with Crippen LogP contribution in [-0.2, 0) is 0 Å². The van der Waals surface area contributed by atoms with E-state index in [1.807, 2.05) is 0 Å². The number of hydrazine groups is 1. The molecular weight excluding hydrogens is 504 g/mol. The molecule has 0 bridgehead atoms. The van der Waals surface area contributed by atoms with Crippen LogP contribution in [0.2, 0.25) is 0 Å². The van der Waals surface area contributed by atoms with Gasteiger partial charge in [0.15, 0.2) is 0 Å². The summed E-state index contributed by atoms with van der Waals surface area (Å²) in [5, 5.41) is 21.5. The number of non-ortho nitro benzene ring substituents is 2. The molecule has 120 valence electrons. The van der Waals surface area contributed by atoms with Crippen LogP contribution in [0.15, 0.2) is 43.7 Å². The van der Waals surface area contributed by atoms with Gasteiger partial charge >= 0.3 is 0 Å². The van der Waals surface area contributed by atoms with Gasteiger partial charge in [0, 0.05) is 28.7 Å². The van der Waals surface area contributed by atoms with Crippen molar-refractivity contribution >= 4 is 70.5 Å². The van der Waals surface area contributed by atoms with Gasteiger partial charge in [0.25, 0.3) is 11.4 Å². The first kappa shape index (κ1) is 17.6.